The lowest BCUT2D eigenvalue weighted by molar-refractivity contribution is 0.0696. The number of anilines is 1. The summed E-state index contributed by atoms with van der Waals surface area (Å²) in [6.45, 7) is 6.08. The van der Waals surface area contributed by atoms with E-state index in [1.54, 1.807) is 24.0 Å². The minimum atomic E-state index is -1.04. The molecule has 1 heterocycles. The number of hydrogen-bond acceptors (Lipinski definition) is 3. The Bertz CT molecular complexity index is 828. The molecule has 0 fully saturated rings. The Morgan fingerprint density at radius 1 is 1.08 bits per heavy atom. The van der Waals surface area contributed by atoms with Crippen molar-refractivity contribution >= 4 is 17.6 Å². The molecule has 24 heavy (non-hydrogen) atoms. The number of carboxylic acid groups (broad SMARTS) is 1. The Labute approximate surface area is 140 Å². The van der Waals surface area contributed by atoms with E-state index in [-0.39, 0.29) is 17.6 Å². The van der Waals surface area contributed by atoms with Crippen LogP contribution in [-0.4, -0.2) is 29.6 Å². The van der Waals surface area contributed by atoms with Crippen LogP contribution in [0.25, 0.3) is 0 Å². The predicted octanol–water partition coefficient (Wildman–Crippen LogP) is 3.43. The summed E-state index contributed by atoms with van der Waals surface area (Å²) in [4.78, 5) is 25.9. The molecule has 0 saturated heterocycles. The minimum Gasteiger partial charge on any atom is -0.487 e. The molecule has 2 aromatic carbocycles. The zero-order valence-corrected chi connectivity index (χ0v) is 13.9. The SMILES string of the molecule is Cc1cc(C(=O)O)cc(C(=O)N2CC(C)Oc3cc(C)ccc32)c1. The Morgan fingerprint density at radius 2 is 1.79 bits per heavy atom. The second-order valence-corrected chi connectivity index (χ2v) is 6.21. The highest BCUT2D eigenvalue weighted by Crippen LogP contribution is 2.35. The van der Waals surface area contributed by atoms with Gasteiger partial charge in [-0.3, -0.25) is 4.79 Å². The molecule has 3 rings (SSSR count). The van der Waals surface area contributed by atoms with E-state index in [0.29, 0.717) is 23.5 Å². The van der Waals surface area contributed by atoms with Crippen molar-refractivity contribution in [1.29, 1.82) is 0 Å². The summed E-state index contributed by atoms with van der Waals surface area (Å²) < 4.78 is 5.83. The molecule has 0 radical (unpaired) electrons. The van der Waals surface area contributed by atoms with Crippen LogP contribution in [0.2, 0.25) is 0 Å². The highest BCUT2D eigenvalue weighted by Gasteiger charge is 2.28. The van der Waals surface area contributed by atoms with E-state index in [2.05, 4.69) is 0 Å². The summed E-state index contributed by atoms with van der Waals surface area (Å²) in [5, 5.41) is 9.21. The highest BCUT2D eigenvalue weighted by atomic mass is 16.5. The fourth-order valence-electron chi connectivity index (χ4n) is 2.93. The first-order chi connectivity index (χ1) is 11.3. The van der Waals surface area contributed by atoms with Crippen molar-refractivity contribution in [3.05, 3.63) is 58.7 Å². The first-order valence-corrected chi connectivity index (χ1v) is 7.79. The van der Waals surface area contributed by atoms with Crippen molar-refractivity contribution in [3.8, 4) is 5.75 Å². The number of aryl methyl sites for hydroxylation is 2. The van der Waals surface area contributed by atoms with Crippen LogP contribution >= 0.6 is 0 Å². The molecule has 5 heteroatoms. The number of carbonyl (C=O) groups is 2. The molecule has 0 bridgehead atoms. The van der Waals surface area contributed by atoms with Crippen LogP contribution in [-0.2, 0) is 0 Å². The third kappa shape index (κ3) is 2.97. The summed E-state index contributed by atoms with van der Waals surface area (Å²) in [5.74, 6) is -0.589. The standard InChI is InChI=1S/C19H19NO4/c1-11-4-5-16-17(8-11)24-13(3)10-20(16)18(21)14-6-12(2)7-15(9-14)19(22)23/h4-9,13H,10H2,1-3H3,(H,22,23). The van der Waals surface area contributed by atoms with Crippen LogP contribution in [0, 0.1) is 13.8 Å². The summed E-state index contributed by atoms with van der Waals surface area (Å²) >= 11 is 0. The van der Waals surface area contributed by atoms with E-state index in [9.17, 15) is 14.7 Å². The lowest BCUT2D eigenvalue weighted by atomic mass is 10.0. The van der Waals surface area contributed by atoms with Gasteiger partial charge in [0.1, 0.15) is 11.9 Å². The van der Waals surface area contributed by atoms with E-state index < -0.39 is 5.97 Å². The number of carbonyl (C=O) groups excluding carboxylic acids is 1. The number of hydrogen-bond donors (Lipinski definition) is 1. The Balaban J connectivity index is 2.03. The van der Waals surface area contributed by atoms with Gasteiger partial charge in [-0.1, -0.05) is 6.07 Å². The van der Waals surface area contributed by atoms with Crippen molar-refractivity contribution in [2.45, 2.75) is 26.9 Å². The minimum absolute atomic E-state index is 0.115. The van der Waals surface area contributed by atoms with E-state index in [0.717, 1.165) is 11.1 Å². The van der Waals surface area contributed by atoms with Crippen molar-refractivity contribution in [3.63, 3.8) is 0 Å². The quantitative estimate of drug-likeness (QED) is 0.918. The molecular weight excluding hydrogens is 306 g/mol. The molecule has 124 valence electrons. The number of carboxylic acids is 1. The fourth-order valence-corrected chi connectivity index (χ4v) is 2.93. The lowest BCUT2D eigenvalue weighted by Crippen LogP contribution is -2.42. The average Bonchev–Trinajstić information content (AvgIpc) is 2.52. The summed E-state index contributed by atoms with van der Waals surface area (Å²) in [7, 11) is 0. The number of rotatable bonds is 2. The topological polar surface area (TPSA) is 66.8 Å². The van der Waals surface area contributed by atoms with Crippen LogP contribution in [0.1, 0.15) is 38.8 Å². The molecular formula is C19H19NO4. The number of nitrogens with zero attached hydrogens (tertiary/aromatic N) is 1. The lowest BCUT2D eigenvalue weighted by Gasteiger charge is -2.33. The van der Waals surface area contributed by atoms with Crippen LogP contribution in [0.3, 0.4) is 0 Å². The smallest absolute Gasteiger partial charge is 0.335 e. The zero-order chi connectivity index (χ0) is 17.4. The first-order valence-electron chi connectivity index (χ1n) is 7.79. The third-order valence-electron chi connectivity index (χ3n) is 3.99. The number of benzene rings is 2. The Morgan fingerprint density at radius 3 is 2.50 bits per heavy atom. The van der Waals surface area contributed by atoms with Gasteiger partial charge in [0.05, 0.1) is 17.8 Å². The van der Waals surface area contributed by atoms with E-state index in [1.807, 2.05) is 32.0 Å². The average molecular weight is 325 g/mol. The predicted molar refractivity (Wildman–Crippen MR) is 91.1 cm³/mol. The summed E-state index contributed by atoms with van der Waals surface area (Å²) in [6, 6.07) is 10.4. The number of aromatic carboxylic acids is 1. The highest BCUT2D eigenvalue weighted by molar-refractivity contribution is 6.08. The van der Waals surface area contributed by atoms with E-state index in [4.69, 9.17) is 4.74 Å². The van der Waals surface area contributed by atoms with Crippen LogP contribution in [0.4, 0.5) is 5.69 Å². The van der Waals surface area contributed by atoms with Gasteiger partial charge in [0, 0.05) is 5.56 Å². The summed E-state index contributed by atoms with van der Waals surface area (Å²) in [5.41, 5.74) is 2.99. The fraction of sp³-hybridized carbons (Fsp3) is 0.263. The van der Waals surface area contributed by atoms with Gasteiger partial charge >= 0.3 is 5.97 Å². The van der Waals surface area contributed by atoms with Gasteiger partial charge in [-0.15, -0.1) is 0 Å². The van der Waals surface area contributed by atoms with Crippen LogP contribution in [0.5, 0.6) is 5.75 Å². The third-order valence-corrected chi connectivity index (χ3v) is 3.99. The molecule has 1 atom stereocenters. The maximum absolute atomic E-state index is 13.0. The second-order valence-electron chi connectivity index (χ2n) is 6.21. The van der Waals surface area contributed by atoms with Crippen molar-refractivity contribution in [2.75, 3.05) is 11.4 Å². The van der Waals surface area contributed by atoms with Crippen LogP contribution < -0.4 is 9.64 Å². The van der Waals surface area contributed by atoms with Crippen molar-refractivity contribution in [1.82, 2.24) is 0 Å². The van der Waals surface area contributed by atoms with E-state index in [1.165, 1.54) is 6.07 Å². The molecule has 0 aliphatic carbocycles. The second kappa shape index (κ2) is 6.00. The molecule has 0 aromatic heterocycles. The molecule has 1 N–H and O–H groups in total. The molecule has 5 nitrogen and oxygen atoms in total. The largest absolute Gasteiger partial charge is 0.487 e. The van der Waals surface area contributed by atoms with Crippen molar-refractivity contribution < 1.29 is 19.4 Å². The number of amides is 1. The normalized spacial score (nSPS) is 16.3. The molecule has 2 aromatic rings. The van der Waals surface area contributed by atoms with Crippen molar-refractivity contribution in [2.24, 2.45) is 0 Å². The van der Waals surface area contributed by atoms with Crippen LogP contribution in [0.15, 0.2) is 36.4 Å². The molecule has 1 aliphatic rings. The van der Waals surface area contributed by atoms with Gasteiger partial charge in [-0.25, -0.2) is 4.79 Å². The van der Waals surface area contributed by atoms with E-state index >= 15 is 0 Å². The first kappa shape index (κ1) is 16.1. The van der Waals surface area contributed by atoms with Gasteiger partial charge in [0.2, 0.25) is 0 Å². The van der Waals surface area contributed by atoms with Gasteiger partial charge in [0.15, 0.2) is 0 Å². The van der Waals surface area contributed by atoms with Gasteiger partial charge < -0.3 is 14.7 Å². The van der Waals surface area contributed by atoms with Gasteiger partial charge in [0.25, 0.3) is 5.91 Å². The molecule has 0 spiro atoms. The van der Waals surface area contributed by atoms with Gasteiger partial charge in [-0.2, -0.15) is 0 Å². The molecule has 1 unspecified atom stereocenters. The molecule has 1 amide bonds. The number of ether oxygens (including phenoxy) is 1. The molecule has 0 saturated carbocycles. The Hall–Kier alpha value is -2.82. The summed E-state index contributed by atoms with van der Waals surface area (Å²) in [6.07, 6.45) is -0.132. The molecule has 1 aliphatic heterocycles. The van der Waals surface area contributed by atoms with Gasteiger partial charge in [-0.05, 0) is 62.2 Å². The zero-order valence-electron chi connectivity index (χ0n) is 13.9. The maximum Gasteiger partial charge on any atom is 0.335 e. The number of fused-ring (bicyclic) bond motifs is 1. The maximum atomic E-state index is 13.0. The monoisotopic (exact) mass is 325 g/mol. The Kier molecular flexibility index (Phi) is 4.01.